The molecule has 1 aliphatic rings. The van der Waals surface area contributed by atoms with E-state index in [2.05, 4.69) is 20.9 Å². The molecule has 27 heavy (non-hydrogen) atoms. The number of carbonyl (C=O) groups excluding carboxylic acids is 1. The van der Waals surface area contributed by atoms with Crippen molar-refractivity contribution in [2.45, 2.75) is 25.3 Å². The summed E-state index contributed by atoms with van der Waals surface area (Å²) in [7, 11) is 1.63. The van der Waals surface area contributed by atoms with Crippen LogP contribution in [0.15, 0.2) is 30.5 Å². The van der Waals surface area contributed by atoms with E-state index in [0.717, 1.165) is 37.4 Å². The Balaban J connectivity index is 0.00000261. The molecule has 3 rings (SSSR count). The zero-order chi connectivity index (χ0) is 18.2. The fourth-order valence-corrected chi connectivity index (χ4v) is 2.86. The molecular weight excluding hydrogens is 370 g/mol. The molecule has 2 heterocycles. The molecule has 1 amide bonds. The molecule has 0 atom stereocenters. The highest BCUT2D eigenvalue weighted by Crippen LogP contribution is 2.18. The van der Waals surface area contributed by atoms with Crippen molar-refractivity contribution in [3.8, 4) is 11.5 Å². The van der Waals surface area contributed by atoms with Gasteiger partial charge in [0.15, 0.2) is 5.69 Å². The van der Waals surface area contributed by atoms with Gasteiger partial charge in [0, 0.05) is 6.54 Å². The van der Waals surface area contributed by atoms with E-state index in [4.69, 9.17) is 9.47 Å². The fraction of sp³-hybridized carbons (Fsp3) is 0.500. The van der Waals surface area contributed by atoms with Crippen LogP contribution < -0.4 is 20.1 Å². The number of nitrogens with one attached hydrogen (secondary N) is 2. The quantitative estimate of drug-likeness (QED) is 0.663. The van der Waals surface area contributed by atoms with Crippen LogP contribution in [-0.4, -0.2) is 54.3 Å². The Morgan fingerprint density at radius 1 is 1.26 bits per heavy atom. The van der Waals surface area contributed by atoms with Crippen molar-refractivity contribution in [1.82, 2.24) is 25.6 Å². The number of methoxy groups -OCH3 is 1. The lowest BCUT2D eigenvalue weighted by Gasteiger charge is -2.22. The lowest BCUT2D eigenvalue weighted by atomic mass is 10.1. The van der Waals surface area contributed by atoms with E-state index in [1.165, 1.54) is 0 Å². The van der Waals surface area contributed by atoms with Gasteiger partial charge in [-0.3, -0.25) is 4.79 Å². The van der Waals surface area contributed by atoms with Crippen LogP contribution in [0.3, 0.4) is 0 Å². The average Bonchev–Trinajstić information content (AvgIpc) is 3.19. The molecule has 0 spiro atoms. The number of piperidine rings is 1. The van der Waals surface area contributed by atoms with Crippen molar-refractivity contribution in [3.63, 3.8) is 0 Å². The summed E-state index contributed by atoms with van der Waals surface area (Å²) < 4.78 is 12.5. The Hall–Kier alpha value is -2.32. The minimum Gasteiger partial charge on any atom is -0.497 e. The van der Waals surface area contributed by atoms with Crippen molar-refractivity contribution in [2.75, 3.05) is 33.4 Å². The molecule has 2 N–H and O–H groups in total. The molecule has 0 radical (unpaired) electrons. The zero-order valence-electron chi connectivity index (χ0n) is 15.4. The Kier molecular flexibility index (Phi) is 8.35. The largest absolute Gasteiger partial charge is 0.497 e. The topological polar surface area (TPSA) is 90.3 Å². The van der Waals surface area contributed by atoms with Gasteiger partial charge in [-0.1, -0.05) is 5.21 Å². The second-order valence-corrected chi connectivity index (χ2v) is 6.20. The second kappa shape index (κ2) is 10.7. The first-order valence-corrected chi connectivity index (χ1v) is 8.94. The van der Waals surface area contributed by atoms with Crippen LogP contribution in [-0.2, 0) is 0 Å². The first-order chi connectivity index (χ1) is 12.8. The molecule has 1 saturated heterocycles. The van der Waals surface area contributed by atoms with Gasteiger partial charge in [0.1, 0.15) is 11.5 Å². The van der Waals surface area contributed by atoms with Crippen LogP contribution in [0, 0.1) is 0 Å². The SMILES string of the molecule is COc1ccc(OCCCNC(=O)c2cn(C3CCNCC3)nn2)cc1.Cl. The zero-order valence-corrected chi connectivity index (χ0v) is 16.2. The normalized spacial score (nSPS) is 14.3. The second-order valence-electron chi connectivity index (χ2n) is 6.20. The van der Waals surface area contributed by atoms with Gasteiger partial charge in [-0.05, 0) is 56.6 Å². The number of amides is 1. The maximum absolute atomic E-state index is 12.2. The minimum atomic E-state index is -0.199. The molecular formula is C18H26ClN5O3. The maximum Gasteiger partial charge on any atom is 0.273 e. The smallest absolute Gasteiger partial charge is 0.273 e. The van der Waals surface area contributed by atoms with Gasteiger partial charge in [0.2, 0.25) is 0 Å². The number of hydrogen-bond acceptors (Lipinski definition) is 6. The molecule has 1 aromatic heterocycles. The summed E-state index contributed by atoms with van der Waals surface area (Å²) in [6.07, 6.45) is 4.46. The third-order valence-corrected chi connectivity index (χ3v) is 4.36. The maximum atomic E-state index is 12.2. The minimum absolute atomic E-state index is 0. The highest BCUT2D eigenvalue weighted by atomic mass is 35.5. The first-order valence-electron chi connectivity index (χ1n) is 8.94. The molecule has 0 aliphatic carbocycles. The average molecular weight is 396 g/mol. The van der Waals surface area contributed by atoms with E-state index in [-0.39, 0.29) is 18.3 Å². The van der Waals surface area contributed by atoms with Gasteiger partial charge in [-0.2, -0.15) is 0 Å². The van der Waals surface area contributed by atoms with Crippen molar-refractivity contribution in [3.05, 3.63) is 36.2 Å². The van der Waals surface area contributed by atoms with Gasteiger partial charge < -0.3 is 20.1 Å². The molecule has 9 heteroatoms. The van der Waals surface area contributed by atoms with Gasteiger partial charge in [0.05, 0.1) is 26.0 Å². The van der Waals surface area contributed by atoms with E-state index in [1.54, 1.807) is 13.3 Å². The van der Waals surface area contributed by atoms with Gasteiger partial charge in [-0.15, -0.1) is 17.5 Å². The number of halogens is 1. The molecule has 0 bridgehead atoms. The summed E-state index contributed by atoms with van der Waals surface area (Å²) in [5.74, 6) is 1.37. The molecule has 0 saturated carbocycles. The highest BCUT2D eigenvalue weighted by Gasteiger charge is 2.18. The summed E-state index contributed by atoms with van der Waals surface area (Å²) in [6, 6.07) is 7.74. The Bertz CT molecular complexity index is 701. The number of ether oxygens (including phenoxy) is 2. The molecule has 1 fully saturated rings. The Morgan fingerprint density at radius 3 is 2.67 bits per heavy atom. The number of rotatable bonds is 8. The van der Waals surface area contributed by atoms with Crippen LogP contribution in [0.4, 0.5) is 0 Å². The number of aromatic nitrogens is 3. The molecule has 8 nitrogen and oxygen atoms in total. The van der Waals surface area contributed by atoms with E-state index in [0.29, 0.717) is 31.3 Å². The third-order valence-electron chi connectivity index (χ3n) is 4.36. The summed E-state index contributed by atoms with van der Waals surface area (Å²) in [5.41, 5.74) is 0.361. The Morgan fingerprint density at radius 2 is 1.96 bits per heavy atom. The molecule has 0 unspecified atom stereocenters. The molecule has 148 valence electrons. The van der Waals surface area contributed by atoms with Crippen molar-refractivity contribution < 1.29 is 14.3 Å². The number of benzene rings is 1. The standard InChI is InChI=1S/C18H25N5O3.ClH/c1-25-15-3-5-16(6-4-15)26-12-2-9-20-18(24)17-13-23(22-21-17)14-7-10-19-11-8-14;/h3-6,13-14,19H,2,7-12H2,1H3,(H,20,24);1H. The first kappa shape index (κ1) is 21.0. The van der Waals surface area contributed by atoms with Gasteiger partial charge in [0.25, 0.3) is 5.91 Å². The van der Waals surface area contributed by atoms with Crippen molar-refractivity contribution in [1.29, 1.82) is 0 Å². The molecule has 1 aliphatic heterocycles. The lowest BCUT2D eigenvalue weighted by Crippen LogP contribution is -2.29. The van der Waals surface area contributed by atoms with E-state index in [1.807, 2.05) is 28.9 Å². The van der Waals surface area contributed by atoms with Crippen molar-refractivity contribution >= 4 is 18.3 Å². The summed E-state index contributed by atoms with van der Waals surface area (Å²) in [6.45, 7) is 2.99. The highest BCUT2D eigenvalue weighted by molar-refractivity contribution is 5.91. The van der Waals surface area contributed by atoms with Crippen LogP contribution in [0.2, 0.25) is 0 Å². The van der Waals surface area contributed by atoms with Crippen LogP contribution in [0.25, 0.3) is 0 Å². The summed E-state index contributed by atoms with van der Waals surface area (Å²) in [4.78, 5) is 12.2. The van der Waals surface area contributed by atoms with E-state index >= 15 is 0 Å². The number of hydrogen-bond donors (Lipinski definition) is 2. The monoisotopic (exact) mass is 395 g/mol. The van der Waals surface area contributed by atoms with Crippen LogP contribution in [0.5, 0.6) is 11.5 Å². The van der Waals surface area contributed by atoms with Crippen LogP contribution in [0.1, 0.15) is 35.8 Å². The van der Waals surface area contributed by atoms with Crippen LogP contribution >= 0.6 is 12.4 Å². The van der Waals surface area contributed by atoms with Crippen molar-refractivity contribution in [2.24, 2.45) is 0 Å². The van der Waals surface area contributed by atoms with E-state index in [9.17, 15) is 4.79 Å². The molecule has 1 aromatic carbocycles. The lowest BCUT2D eigenvalue weighted by molar-refractivity contribution is 0.0946. The third kappa shape index (κ3) is 6.11. The van der Waals surface area contributed by atoms with Gasteiger partial charge in [-0.25, -0.2) is 4.68 Å². The predicted molar refractivity (Wildman–Crippen MR) is 104 cm³/mol. The fourth-order valence-electron chi connectivity index (χ4n) is 2.86. The summed E-state index contributed by atoms with van der Waals surface area (Å²) >= 11 is 0. The summed E-state index contributed by atoms with van der Waals surface area (Å²) in [5, 5.41) is 14.3. The van der Waals surface area contributed by atoms with E-state index < -0.39 is 0 Å². The number of carbonyl (C=O) groups is 1. The van der Waals surface area contributed by atoms with Gasteiger partial charge >= 0.3 is 0 Å². The molecule has 2 aromatic rings. The Labute approximate surface area is 165 Å². The predicted octanol–water partition coefficient (Wildman–Crippen LogP) is 1.83. The number of nitrogens with zero attached hydrogens (tertiary/aromatic N) is 3.